The fourth-order valence-corrected chi connectivity index (χ4v) is 2.38. The Bertz CT molecular complexity index is 584. The summed E-state index contributed by atoms with van der Waals surface area (Å²) in [6.45, 7) is 8.84. The number of rotatable bonds is 4. The smallest absolute Gasteiger partial charge is 0.0962 e. The predicted octanol–water partition coefficient (Wildman–Crippen LogP) is 4.07. The van der Waals surface area contributed by atoms with E-state index in [-0.39, 0.29) is 0 Å². The molecule has 2 aromatic rings. The molecule has 2 nitrogen and oxygen atoms in total. The zero-order valence-corrected chi connectivity index (χ0v) is 12.7. The molecule has 0 amide bonds. The van der Waals surface area contributed by atoms with Gasteiger partial charge in [0.1, 0.15) is 0 Å². The van der Waals surface area contributed by atoms with E-state index in [1.54, 1.807) is 0 Å². The van der Waals surface area contributed by atoms with E-state index in [1.807, 2.05) is 6.07 Å². The maximum absolute atomic E-state index is 10.3. The first-order valence-electron chi connectivity index (χ1n) is 7.04. The molecule has 0 radical (unpaired) electrons. The molecule has 0 aliphatic rings. The van der Waals surface area contributed by atoms with Crippen LogP contribution in [0.4, 0.5) is 5.69 Å². The topological polar surface area (TPSA) is 32.3 Å². The van der Waals surface area contributed by atoms with Crippen LogP contribution in [-0.2, 0) is 0 Å². The SMILES string of the molecule is Cc1ccc(C(O)CNc2c(C)cccc2C)cc1C. The summed E-state index contributed by atoms with van der Waals surface area (Å²) in [6.07, 6.45) is -0.492. The Morgan fingerprint density at radius 2 is 1.55 bits per heavy atom. The summed E-state index contributed by atoms with van der Waals surface area (Å²) in [4.78, 5) is 0. The lowest BCUT2D eigenvalue weighted by Crippen LogP contribution is -2.13. The highest BCUT2D eigenvalue weighted by atomic mass is 16.3. The van der Waals surface area contributed by atoms with Crippen molar-refractivity contribution in [3.63, 3.8) is 0 Å². The van der Waals surface area contributed by atoms with Crippen LogP contribution in [0.3, 0.4) is 0 Å². The minimum absolute atomic E-state index is 0.492. The lowest BCUT2D eigenvalue weighted by molar-refractivity contribution is 0.191. The summed E-state index contributed by atoms with van der Waals surface area (Å²) in [5.41, 5.74) is 6.97. The molecule has 0 saturated heterocycles. The number of hydrogen-bond acceptors (Lipinski definition) is 2. The maximum atomic E-state index is 10.3. The van der Waals surface area contributed by atoms with Crippen molar-refractivity contribution in [3.05, 3.63) is 64.2 Å². The first-order chi connectivity index (χ1) is 9.49. The molecule has 2 N–H and O–H groups in total. The van der Waals surface area contributed by atoms with Gasteiger partial charge in [0.05, 0.1) is 6.10 Å². The van der Waals surface area contributed by atoms with Crippen LogP contribution in [0.2, 0.25) is 0 Å². The van der Waals surface area contributed by atoms with Crippen LogP contribution in [-0.4, -0.2) is 11.7 Å². The molecule has 20 heavy (non-hydrogen) atoms. The van der Waals surface area contributed by atoms with Gasteiger partial charge >= 0.3 is 0 Å². The molecule has 0 heterocycles. The number of anilines is 1. The second kappa shape index (κ2) is 6.10. The second-order valence-corrected chi connectivity index (χ2v) is 5.51. The van der Waals surface area contributed by atoms with E-state index in [1.165, 1.54) is 22.3 Å². The minimum Gasteiger partial charge on any atom is -0.387 e. The summed E-state index contributed by atoms with van der Waals surface area (Å²) in [5.74, 6) is 0. The largest absolute Gasteiger partial charge is 0.387 e. The summed E-state index contributed by atoms with van der Waals surface area (Å²) in [6, 6.07) is 12.3. The standard InChI is InChI=1S/C18H23NO/c1-12-8-9-16(10-15(12)4)17(20)11-19-18-13(2)6-5-7-14(18)3/h5-10,17,19-20H,11H2,1-4H3. The molecule has 2 rings (SSSR count). The van der Waals surface area contributed by atoms with Gasteiger partial charge in [-0.2, -0.15) is 0 Å². The van der Waals surface area contributed by atoms with Crippen LogP contribution in [0.5, 0.6) is 0 Å². The Morgan fingerprint density at radius 3 is 2.15 bits per heavy atom. The van der Waals surface area contributed by atoms with Gasteiger partial charge in [-0.15, -0.1) is 0 Å². The molecular weight excluding hydrogens is 246 g/mol. The molecule has 0 fully saturated rings. The summed E-state index contributed by atoms with van der Waals surface area (Å²) in [5, 5.41) is 13.7. The Hall–Kier alpha value is -1.80. The third kappa shape index (κ3) is 3.20. The van der Waals surface area contributed by atoms with Gasteiger partial charge in [0, 0.05) is 12.2 Å². The molecule has 0 spiro atoms. The van der Waals surface area contributed by atoms with E-state index in [2.05, 4.69) is 63.3 Å². The van der Waals surface area contributed by atoms with Crippen molar-refractivity contribution in [2.45, 2.75) is 33.8 Å². The van der Waals surface area contributed by atoms with E-state index in [0.29, 0.717) is 6.54 Å². The highest BCUT2D eigenvalue weighted by Gasteiger charge is 2.09. The van der Waals surface area contributed by atoms with Crippen LogP contribution < -0.4 is 5.32 Å². The van der Waals surface area contributed by atoms with Crippen molar-refractivity contribution < 1.29 is 5.11 Å². The van der Waals surface area contributed by atoms with Crippen molar-refractivity contribution in [1.29, 1.82) is 0 Å². The highest BCUT2D eigenvalue weighted by Crippen LogP contribution is 2.22. The fourth-order valence-electron chi connectivity index (χ4n) is 2.38. The van der Waals surface area contributed by atoms with Gasteiger partial charge in [0.25, 0.3) is 0 Å². The van der Waals surface area contributed by atoms with E-state index >= 15 is 0 Å². The average Bonchev–Trinajstić information content (AvgIpc) is 2.41. The van der Waals surface area contributed by atoms with Gasteiger partial charge in [-0.05, 0) is 55.5 Å². The number of nitrogens with one attached hydrogen (secondary N) is 1. The number of aliphatic hydroxyl groups is 1. The highest BCUT2D eigenvalue weighted by molar-refractivity contribution is 5.56. The molecule has 0 bridgehead atoms. The zero-order chi connectivity index (χ0) is 14.7. The first-order valence-corrected chi connectivity index (χ1v) is 7.04. The minimum atomic E-state index is -0.492. The Morgan fingerprint density at radius 1 is 0.900 bits per heavy atom. The molecule has 1 atom stereocenters. The molecule has 0 aromatic heterocycles. The van der Waals surface area contributed by atoms with Gasteiger partial charge in [-0.1, -0.05) is 36.4 Å². The van der Waals surface area contributed by atoms with Crippen LogP contribution in [0.1, 0.15) is 33.9 Å². The Balaban J connectivity index is 2.08. The van der Waals surface area contributed by atoms with Crippen LogP contribution in [0.15, 0.2) is 36.4 Å². The molecule has 0 saturated carbocycles. The summed E-state index contributed by atoms with van der Waals surface area (Å²) >= 11 is 0. The Kier molecular flexibility index (Phi) is 4.46. The van der Waals surface area contributed by atoms with Crippen molar-refractivity contribution >= 4 is 5.69 Å². The zero-order valence-electron chi connectivity index (χ0n) is 12.7. The van der Waals surface area contributed by atoms with Gasteiger partial charge in [-0.25, -0.2) is 0 Å². The molecule has 106 valence electrons. The third-order valence-corrected chi connectivity index (χ3v) is 3.87. The van der Waals surface area contributed by atoms with Gasteiger partial charge in [0.15, 0.2) is 0 Å². The van der Waals surface area contributed by atoms with Gasteiger partial charge in [0.2, 0.25) is 0 Å². The van der Waals surface area contributed by atoms with Crippen molar-refractivity contribution in [1.82, 2.24) is 0 Å². The number of aliphatic hydroxyl groups excluding tert-OH is 1. The van der Waals surface area contributed by atoms with Gasteiger partial charge in [-0.3, -0.25) is 0 Å². The monoisotopic (exact) mass is 269 g/mol. The molecule has 0 aliphatic carbocycles. The number of para-hydroxylation sites is 1. The predicted molar refractivity (Wildman–Crippen MR) is 85.3 cm³/mol. The van der Waals surface area contributed by atoms with Crippen LogP contribution in [0.25, 0.3) is 0 Å². The maximum Gasteiger partial charge on any atom is 0.0962 e. The molecule has 0 aliphatic heterocycles. The number of aryl methyl sites for hydroxylation is 4. The van der Waals surface area contributed by atoms with Crippen molar-refractivity contribution in [2.75, 3.05) is 11.9 Å². The van der Waals surface area contributed by atoms with Gasteiger partial charge < -0.3 is 10.4 Å². The molecule has 1 unspecified atom stereocenters. The van der Waals surface area contributed by atoms with Crippen molar-refractivity contribution in [2.24, 2.45) is 0 Å². The number of benzene rings is 2. The molecular formula is C18H23NO. The fraction of sp³-hybridized carbons (Fsp3) is 0.333. The van der Waals surface area contributed by atoms with E-state index < -0.39 is 6.10 Å². The summed E-state index contributed by atoms with van der Waals surface area (Å²) < 4.78 is 0. The first kappa shape index (κ1) is 14.6. The van der Waals surface area contributed by atoms with Crippen LogP contribution >= 0.6 is 0 Å². The molecule has 2 heteroatoms. The van der Waals surface area contributed by atoms with Crippen LogP contribution in [0, 0.1) is 27.7 Å². The van der Waals surface area contributed by atoms with Crippen molar-refractivity contribution in [3.8, 4) is 0 Å². The number of hydrogen-bond donors (Lipinski definition) is 2. The average molecular weight is 269 g/mol. The van der Waals surface area contributed by atoms with E-state index in [9.17, 15) is 5.11 Å². The van der Waals surface area contributed by atoms with E-state index in [0.717, 1.165) is 11.3 Å². The van der Waals surface area contributed by atoms with E-state index in [4.69, 9.17) is 0 Å². The second-order valence-electron chi connectivity index (χ2n) is 5.51. The quantitative estimate of drug-likeness (QED) is 0.877. The Labute approximate surface area is 121 Å². The lowest BCUT2D eigenvalue weighted by Gasteiger charge is -2.17. The molecule has 2 aromatic carbocycles. The lowest BCUT2D eigenvalue weighted by atomic mass is 10.0. The third-order valence-electron chi connectivity index (χ3n) is 3.87. The normalized spacial score (nSPS) is 12.2. The summed E-state index contributed by atoms with van der Waals surface area (Å²) in [7, 11) is 0.